The third kappa shape index (κ3) is 4.78. The number of amides is 1. The first-order chi connectivity index (χ1) is 13.0. The van der Waals surface area contributed by atoms with Gasteiger partial charge in [-0.2, -0.15) is 4.98 Å². The first-order valence-electron chi connectivity index (χ1n) is 8.45. The van der Waals surface area contributed by atoms with Crippen molar-refractivity contribution in [1.82, 2.24) is 15.5 Å². The molecule has 138 valence electrons. The molecule has 3 rings (SSSR count). The number of aryl methyl sites for hydroxylation is 1. The van der Waals surface area contributed by atoms with Crippen LogP contribution in [0.1, 0.15) is 28.7 Å². The summed E-state index contributed by atoms with van der Waals surface area (Å²) in [7, 11) is 0. The van der Waals surface area contributed by atoms with E-state index in [2.05, 4.69) is 15.5 Å². The van der Waals surface area contributed by atoms with Gasteiger partial charge in [-0.3, -0.25) is 4.79 Å². The van der Waals surface area contributed by atoms with Crippen molar-refractivity contribution in [2.45, 2.75) is 26.5 Å². The minimum absolute atomic E-state index is 0.117. The van der Waals surface area contributed by atoms with E-state index in [1.165, 1.54) is 6.92 Å². The fraction of sp³-hybridized carbons (Fsp3) is 0.200. The second-order valence-electron chi connectivity index (χ2n) is 6.08. The van der Waals surface area contributed by atoms with E-state index < -0.39 is 17.9 Å². The van der Waals surface area contributed by atoms with Crippen molar-refractivity contribution in [2.24, 2.45) is 0 Å². The number of benzene rings is 2. The summed E-state index contributed by atoms with van der Waals surface area (Å²) in [5.74, 6) is -0.337. The second-order valence-corrected chi connectivity index (χ2v) is 6.08. The summed E-state index contributed by atoms with van der Waals surface area (Å²) in [6.45, 7) is 3.62. The lowest BCUT2D eigenvalue weighted by atomic mass is 10.1. The highest BCUT2D eigenvalue weighted by Gasteiger charge is 2.24. The Morgan fingerprint density at radius 1 is 1.11 bits per heavy atom. The average molecular weight is 365 g/mol. The van der Waals surface area contributed by atoms with E-state index in [0.29, 0.717) is 5.82 Å². The molecule has 7 heteroatoms. The van der Waals surface area contributed by atoms with E-state index >= 15 is 0 Å². The van der Waals surface area contributed by atoms with E-state index in [-0.39, 0.29) is 12.5 Å². The van der Waals surface area contributed by atoms with Crippen LogP contribution in [-0.4, -0.2) is 28.1 Å². The monoisotopic (exact) mass is 365 g/mol. The molecule has 0 aliphatic heterocycles. The van der Waals surface area contributed by atoms with Crippen molar-refractivity contribution in [2.75, 3.05) is 0 Å². The maximum Gasteiger partial charge on any atom is 0.408 e. The summed E-state index contributed by atoms with van der Waals surface area (Å²) < 4.78 is 10.1. The number of hydrogen-bond donors (Lipinski definition) is 1. The molecule has 0 bridgehead atoms. The van der Waals surface area contributed by atoms with Gasteiger partial charge in [0.1, 0.15) is 6.61 Å². The number of rotatable bonds is 6. The quantitative estimate of drug-likeness (QED) is 0.672. The average Bonchev–Trinajstić information content (AvgIpc) is 3.17. The van der Waals surface area contributed by atoms with Crippen LogP contribution in [0.15, 0.2) is 59.1 Å². The van der Waals surface area contributed by atoms with Crippen LogP contribution in [0.4, 0.5) is 4.79 Å². The fourth-order valence-corrected chi connectivity index (χ4v) is 2.34. The Labute approximate surface area is 156 Å². The van der Waals surface area contributed by atoms with Crippen LogP contribution in [0, 0.1) is 6.92 Å². The summed E-state index contributed by atoms with van der Waals surface area (Å²) in [6.07, 6.45) is -0.696. The molecule has 27 heavy (non-hydrogen) atoms. The number of carbonyl (C=O) groups is 2. The van der Waals surface area contributed by atoms with Crippen molar-refractivity contribution in [3.05, 3.63) is 71.6 Å². The highest BCUT2D eigenvalue weighted by atomic mass is 16.5. The summed E-state index contributed by atoms with van der Waals surface area (Å²) in [5, 5.41) is 6.29. The third-order valence-corrected chi connectivity index (χ3v) is 3.89. The number of nitrogens with zero attached hydrogens (tertiary/aromatic N) is 2. The smallest absolute Gasteiger partial charge is 0.408 e. The van der Waals surface area contributed by atoms with Gasteiger partial charge in [0.15, 0.2) is 0 Å². The molecule has 0 fully saturated rings. The SMILES string of the molecule is Cc1ccc(-c2noc(C(=O)[C@H](C)NC(=O)OCc3ccccc3)n2)cc1. The lowest BCUT2D eigenvalue weighted by Crippen LogP contribution is -2.39. The van der Waals surface area contributed by atoms with E-state index in [9.17, 15) is 9.59 Å². The Hall–Kier alpha value is -3.48. The number of aromatic nitrogens is 2. The molecule has 1 heterocycles. The van der Waals surface area contributed by atoms with Crippen LogP contribution in [0.2, 0.25) is 0 Å². The maximum absolute atomic E-state index is 12.4. The molecule has 2 aromatic carbocycles. The predicted octanol–water partition coefficient (Wildman–Crippen LogP) is 3.54. The molecular formula is C20H19N3O4. The van der Waals surface area contributed by atoms with E-state index in [1.807, 2.05) is 61.5 Å². The molecule has 0 aliphatic carbocycles. The molecule has 0 saturated heterocycles. The summed E-state index contributed by atoms with van der Waals surface area (Å²) >= 11 is 0. The molecule has 3 aromatic rings. The van der Waals surface area contributed by atoms with Gasteiger partial charge >= 0.3 is 6.09 Å². The lowest BCUT2D eigenvalue weighted by molar-refractivity contribution is 0.0885. The predicted molar refractivity (Wildman–Crippen MR) is 98.0 cm³/mol. The number of nitrogens with one attached hydrogen (secondary N) is 1. The Balaban J connectivity index is 1.57. The van der Waals surface area contributed by atoms with Crippen molar-refractivity contribution >= 4 is 11.9 Å². The van der Waals surface area contributed by atoms with E-state index in [0.717, 1.165) is 16.7 Å². The molecular weight excluding hydrogens is 346 g/mol. The molecule has 1 amide bonds. The molecule has 0 radical (unpaired) electrons. The highest BCUT2D eigenvalue weighted by molar-refractivity contribution is 5.97. The minimum Gasteiger partial charge on any atom is -0.445 e. The van der Waals surface area contributed by atoms with Crippen LogP contribution in [0.3, 0.4) is 0 Å². The van der Waals surface area contributed by atoms with Gasteiger partial charge in [0.2, 0.25) is 11.6 Å². The zero-order chi connectivity index (χ0) is 19.2. The van der Waals surface area contributed by atoms with Crippen molar-refractivity contribution in [3.63, 3.8) is 0 Å². The largest absolute Gasteiger partial charge is 0.445 e. The van der Waals surface area contributed by atoms with Crippen molar-refractivity contribution in [3.8, 4) is 11.4 Å². The molecule has 7 nitrogen and oxygen atoms in total. The zero-order valence-corrected chi connectivity index (χ0v) is 15.0. The lowest BCUT2D eigenvalue weighted by Gasteiger charge is -2.11. The molecule has 0 aliphatic rings. The molecule has 0 spiro atoms. The van der Waals surface area contributed by atoms with Gasteiger partial charge in [0.25, 0.3) is 5.89 Å². The molecule has 1 N–H and O–H groups in total. The Morgan fingerprint density at radius 2 is 1.81 bits per heavy atom. The van der Waals surface area contributed by atoms with Gasteiger partial charge in [-0.1, -0.05) is 65.3 Å². The summed E-state index contributed by atoms with van der Waals surface area (Å²) in [5.41, 5.74) is 2.70. The second kappa shape index (κ2) is 8.27. The maximum atomic E-state index is 12.4. The minimum atomic E-state index is -0.861. The number of ketones is 1. The number of Topliss-reactive ketones (excluding diaryl/α,β-unsaturated/α-hetero) is 1. The van der Waals surface area contributed by atoms with Crippen LogP contribution < -0.4 is 5.32 Å². The zero-order valence-electron chi connectivity index (χ0n) is 15.0. The standard InChI is InChI=1S/C20H19N3O4/c1-13-8-10-16(11-9-13)18-22-19(27-23-18)17(24)14(2)21-20(25)26-12-15-6-4-3-5-7-15/h3-11,14H,12H2,1-2H3,(H,21,25)/t14-/m0/s1. The Kier molecular flexibility index (Phi) is 5.61. The first-order valence-corrected chi connectivity index (χ1v) is 8.45. The van der Waals surface area contributed by atoms with Crippen LogP contribution in [0.25, 0.3) is 11.4 Å². The normalized spacial score (nSPS) is 11.6. The third-order valence-electron chi connectivity index (χ3n) is 3.89. The van der Waals surface area contributed by atoms with Crippen LogP contribution in [0.5, 0.6) is 0 Å². The number of alkyl carbamates (subject to hydrolysis) is 1. The summed E-state index contributed by atoms with van der Waals surface area (Å²) in [6, 6.07) is 15.9. The summed E-state index contributed by atoms with van der Waals surface area (Å²) in [4.78, 5) is 28.4. The molecule has 0 unspecified atom stereocenters. The van der Waals surface area contributed by atoms with E-state index in [1.54, 1.807) is 0 Å². The topological polar surface area (TPSA) is 94.3 Å². The van der Waals surface area contributed by atoms with Crippen molar-refractivity contribution in [1.29, 1.82) is 0 Å². The van der Waals surface area contributed by atoms with Crippen LogP contribution >= 0.6 is 0 Å². The number of ether oxygens (including phenoxy) is 1. The number of hydrogen-bond acceptors (Lipinski definition) is 6. The van der Waals surface area contributed by atoms with Gasteiger partial charge in [-0.15, -0.1) is 0 Å². The highest BCUT2D eigenvalue weighted by Crippen LogP contribution is 2.17. The Bertz CT molecular complexity index is 920. The van der Waals surface area contributed by atoms with Gasteiger partial charge in [0, 0.05) is 5.56 Å². The van der Waals surface area contributed by atoms with Crippen LogP contribution in [-0.2, 0) is 11.3 Å². The van der Waals surface area contributed by atoms with Crippen molar-refractivity contribution < 1.29 is 18.8 Å². The van der Waals surface area contributed by atoms with E-state index in [4.69, 9.17) is 9.26 Å². The van der Waals surface area contributed by atoms with Gasteiger partial charge in [0.05, 0.1) is 6.04 Å². The number of carbonyl (C=O) groups excluding carboxylic acids is 2. The molecule has 1 aromatic heterocycles. The first kappa shape index (κ1) is 18.3. The Morgan fingerprint density at radius 3 is 2.52 bits per heavy atom. The van der Waals surface area contributed by atoms with Gasteiger partial charge in [-0.25, -0.2) is 4.79 Å². The fourth-order valence-electron chi connectivity index (χ4n) is 2.34. The van der Waals surface area contributed by atoms with Gasteiger partial charge < -0.3 is 14.6 Å². The molecule has 0 saturated carbocycles. The molecule has 1 atom stereocenters. The van der Waals surface area contributed by atoms with Gasteiger partial charge in [-0.05, 0) is 19.4 Å².